The van der Waals surface area contributed by atoms with Crippen LogP contribution in [-0.2, 0) is 15.5 Å². The molecule has 0 aliphatic carbocycles. The number of benzene rings is 1. The third kappa shape index (κ3) is 5.34. The van der Waals surface area contributed by atoms with Crippen molar-refractivity contribution in [2.24, 2.45) is 9.50 Å². The Labute approximate surface area is 183 Å². The maximum atomic E-state index is 14.9. The Morgan fingerprint density at radius 3 is 2.26 bits per heavy atom. The second-order valence-corrected chi connectivity index (χ2v) is 10.6. The minimum absolute atomic E-state index is 0.00333. The van der Waals surface area contributed by atoms with E-state index >= 15 is 0 Å². The van der Waals surface area contributed by atoms with Crippen molar-refractivity contribution < 1.29 is 22.9 Å². The number of nitrogens with one attached hydrogen (secondary N) is 1. The second kappa shape index (κ2) is 8.72. The second-order valence-electron chi connectivity index (χ2n) is 8.88. The molecule has 9 heteroatoms. The molecule has 31 heavy (non-hydrogen) atoms. The Balaban J connectivity index is 2.54. The van der Waals surface area contributed by atoms with Crippen LogP contribution in [-0.4, -0.2) is 15.3 Å². The number of aliphatic hydroxyl groups is 1. The zero-order valence-electron chi connectivity index (χ0n) is 19.3. The van der Waals surface area contributed by atoms with Crippen molar-refractivity contribution in [3.05, 3.63) is 46.0 Å². The van der Waals surface area contributed by atoms with Crippen LogP contribution in [0, 0.1) is 19.7 Å². The molecule has 7 nitrogen and oxygen atoms in total. The van der Waals surface area contributed by atoms with Gasteiger partial charge in [0.1, 0.15) is 11.6 Å². The highest BCUT2D eigenvalue weighted by Gasteiger charge is 2.27. The summed E-state index contributed by atoms with van der Waals surface area (Å²) in [6.07, 6.45) is 0. The number of nitrogens with two attached hydrogens (primary N) is 1. The molecular formula is C22H32FN3O4S. The molecule has 4 N–H and O–H groups in total. The first-order valence-electron chi connectivity index (χ1n) is 10.1. The molecule has 1 aromatic carbocycles. The van der Waals surface area contributed by atoms with Gasteiger partial charge < -0.3 is 14.8 Å². The summed E-state index contributed by atoms with van der Waals surface area (Å²) < 4.78 is 36.9. The Morgan fingerprint density at radius 1 is 1.23 bits per heavy atom. The van der Waals surface area contributed by atoms with Crippen molar-refractivity contribution in [1.29, 1.82) is 0 Å². The molecule has 0 fully saturated rings. The van der Waals surface area contributed by atoms with E-state index in [0.29, 0.717) is 28.1 Å². The predicted octanol–water partition coefficient (Wildman–Crippen LogP) is 5.44. The molecule has 0 saturated carbocycles. The third-order valence-electron chi connectivity index (χ3n) is 5.01. The van der Waals surface area contributed by atoms with Crippen LogP contribution in [0.5, 0.6) is 0 Å². The Bertz CT molecular complexity index is 1120. The molecule has 1 unspecified atom stereocenters. The lowest BCUT2D eigenvalue weighted by molar-refractivity contribution is 0.0769. The van der Waals surface area contributed by atoms with Crippen molar-refractivity contribution >= 4 is 21.6 Å². The third-order valence-corrected chi connectivity index (χ3v) is 6.22. The molecule has 0 aliphatic rings. The maximum Gasteiger partial charge on any atom is 0.354 e. The van der Waals surface area contributed by atoms with E-state index in [1.807, 2.05) is 27.7 Å². The van der Waals surface area contributed by atoms with E-state index in [9.17, 15) is 18.5 Å². The van der Waals surface area contributed by atoms with Gasteiger partial charge in [-0.05, 0) is 50.7 Å². The van der Waals surface area contributed by atoms with E-state index in [0.717, 1.165) is 5.56 Å². The number of rotatable bonds is 5. The van der Waals surface area contributed by atoms with Gasteiger partial charge >= 0.3 is 6.03 Å². The number of carbonyl (C=O) groups excluding carboxylic acids is 1. The number of carbonyl (C=O) groups is 1. The van der Waals surface area contributed by atoms with E-state index in [1.54, 1.807) is 33.8 Å². The van der Waals surface area contributed by atoms with Gasteiger partial charge in [0, 0.05) is 17.2 Å². The normalized spacial score (nSPS) is 14.1. The fourth-order valence-electron chi connectivity index (χ4n) is 3.49. The minimum Gasteiger partial charge on any atom is -0.450 e. The molecule has 0 aliphatic heterocycles. The zero-order chi connectivity index (χ0) is 23.9. The van der Waals surface area contributed by atoms with Crippen LogP contribution in [0.1, 0.15) is 81.4 Å². The summed E-state index contributed by atoms with van der Waals surface area (Å²) >= 11 is 0. The lowest BCUT2D eigenvalue weighted by atomic mass is 9.90. The van der Waals surface area contributed by atoms with Crippen molar-refractivity contribution in [3.8, 4) is 0 Å². The molecule has 1 atom stereocenters. The van der Waals surface area contributed by atoms with Gasteiger partial charge in [0.2, 0.25) is 5.09 Å². The quantitative estimate of drug-likeness (QED) is 0.558. The highest BCUT2D eigenvalue weighted by molar-refractivity contribution is 7.91. The molecule has 172 valence electrons. The lowest BCUT2D eigenvalue weighted by Crippen LogP contribution is -2.19. The maximum absolute atomic E-state index is 14.9. The van der Waals surface area contributed by atoms with Crippen molar-refractivity contribution in [3.63, 3.8) is 0 Å². The molecule has 1 heterocycles. The van der Waals surface area contributed by atoms with Gasteiger partial charge in [-0.25, -0.2) is 18.5 Å². The van der Waals surface area contributed by atoms with Gasteiger partial charge in [-0.15, -0.1) is 4.36 Å². The first-order valence-corrected chi connectivity index (χ1v) is 11.7. The van der Waals surface area contributed by atoms with Gasteiger partial charge in [0.15, 0.2) is 9.92 Å². The SMILES string of the molecule is Cc1cc(C(C)C)c(NC(=O)N=S(N)(=O)c2cc(C(C)(C)O)c(C)o2)c(C(C)C)c1F. The van der Waals surface area contributed by atoms with E-state index in [1.165, 1.54) is 6.07 Å². The summed E-state index contributed by atoms with van der Waals surface area (Å²) in [5.41, 5.74) is 1.03. The summed E-state index contributed by atoms with van der Waals surface area (Å²) in [4.78, 5) is 12.7. The molecule has 2 amide bonds. The fraction of sp³-hybridized carbons (Fsp3) is 0.500. The first kappa shape index (κ1) is 25.0. The summed E-state index contributed by atoms with van der Waals surface area (Å²) in [7, 11) is -3.73. The molecule has 1 aromatic heterocycles. The monoisotopic (exact) mass is 453 g/mol. The topological polar surface area (TPSA) is 118 Å². The summed E-state index contributed by atoms with van der Waals surface area (Å²) in [5.74, 6) is -0.297. The number of anilines is 1. The molecule has 0 bridgehead atoms. The number of hydrogen-bond acceptors (Lipinski definition) is 4. The van der Waals surface area contributed by atoms with Crippen LogP contribution < -0.4 is 10.5 Å². The highest BCUT2D eigenvalue weighted by Crippen LogP contribution is 2.36. The number of nitrogens with zero attached hydrogens (tertiary/aromatic N) is 1. The standard InChI is InChI=1S/C22H32FN3O4S/c1-11(2)15-9-13(5)19(23)18(12(3)4)20(15)25-21(27)26-31(24,29)17-10-16(14(6)30-17)22(7,8)28/h9-12,28H,1-8H3,(H3,24,25,26,27,29). The molecule has 2 rings (SSSR count). The average Bonchev–Trinajstić information content (AvgIpc) is 3.00. The van der Waals surface area contributed by atoms with Crippen LogP contribution in [0.15, 0.2) is 26.0 Å². The van der Waals surface area contributed by atoms with Crippen LogP contribution in [0.2, 0.25) is 0 Å². The number of halogens is 1. The molecule has 0 saturated heterocycles. The number of hydrogen-bond donors (Lipinski definition) is 3. The van der Waals surface area contributed by atoms with Crippen molar-refractivity contribution in [2.75, 3.05) is 5.32 Å². The van der Waals surface area contributed by atoms with Gasteiger partial charge in [-0.1, -0.05) is 33.8 Å². The van der Waals surface area contributed by atoms with Gasteiger partial charge in [0.25, 0.3) is 0 Å². The van der Waals surface area contributed by atoms with Crippen LogP contribution in [0.3, 0.4) is 0 Å². The van der Waals surface area contributed by atoms with Gasteiger partial charge in [-0.3, -0.25) is 0 Å². The highest BCUT2D eigenvalue weighted by atomic mass is 32.2. The smallest absolute Gasteiger partial charge is 0.354 e. The fourth-order valence-corrected chi connectivity index (χ4v) is 4.40. The number of amides is 2. The first-order chi connectivity index (χ1) is 14.1. The largest absolute Gasteiger partial charge is 0.450 e. The molecule has 0 radical (unpaired) electrons. The van der Waals surface area contributed by atoms with Gasteiger partial charge in [-0.2, -0.15) is 0 Å². The molecule has 2 aromatic rings. The number of furan rings is 1. The number of urea groups is 1. The van der Waals surface area contributed by atoms with Gasteiger partial charge in [0.05, 0.1) is 11.3 Å². The lowest BCUT2D eigenvalue weighted by Gasteiger charge is -2.21. The minimum atomic E-state index is -3.73. The van der Waals surface area contributed by atoms with Crippen molar-refractivity contribution in [2.45, 2.75) is 77.9 Å². The Hall–Kier alpha value is -2.23. The summed E-state index contributed by atoms with van der Waals surface area (Å²) in [5, 5.41) is 18.4. The van der Waals surface area contributed by atoms with E-state index in [-0.39, 0.29) is 16.9 Å². The molecular weight excluding hydrogens is 421 g/mol. The van der Waals surface area contributed by atoms with E-state index < -0.39 is 27.4 Å². The predicted molar refractivity (Wildman–Crippen MR) is 120 cm³/mol. The van der Waals surface area contributed by atoms with Crippen LogP contribution >= 0.6 is 0 Å². The Morgan fingerprint density at radius 2 is 1.81 bits per heavy atom. The van der Waals surface area contributed by atoms with Crippen LogP contribution in [0.25, 0.3) is 0 Å². The zero-order valence-corrected chi connectivity index (χ0v) is 20.1. The van der Waals surface area contributed by atoms with E-state index in [4.69, 9.17) is 9.56 Å². The Kier molecular flexibility index (Phi) is 7.04. The number of aryl methyl sites for hydroxylation is 2. The molecule has 0 spiro atoms. The van der Waals surface area contributed by atoms with Crippen LogP contribution in [0.4, 0.5) is 14.9 Å². The van der Waals surface area contributed by atoms with E-state index in [2.05, 4.69) is 9.68 Å². The summed E-state index contributed by atoms with van der Waals surface area (Å²) in [6.45, 7) is 13.9. The average molecular weight is 454 g/mol. The summed E-state index contributed by atoms with van der Waals surface area (Å²) in [6, 6.07) is 2.05. The van der Waals surface area contributed by atoms with Crippen molar-refractivity contribution in [1.82, 2.24) is 0 Å².